The Labute approximate surface area is 107 Å². The third kappa shape index (κ3) is 1.43. The number of aromatic nitrogens is 6. The van der Waals surface area contributed by atoms with Crippen molar-refractivity contribution in [3.63, 3.8) is 0 Å². The highest BCUT2D eigenvalue weighted by atomic mass is 15.2. The van der Waals surface area contributed by atoms with Gasteiger partial charge in [0.05, 0.1) is 5.39 Å². The van der Waals surface area contributed by atoms with Crippen LogP contribution in [0.1, 0.15) is 5.69 Å². The van der Waals surface area contributed by atoms with Gasteiger partial charge in [-0.15, -0.1) is 10.2 Å². The van der Waals surface area contributed by atoms with Crippen molar-refractivity contribution in [1.82, 2.24) is 30.4 Å². The maximum atomic E-state index is 4.59. The Morgan fingerprint density at radius 3 is 2.63 bits per heavy atom. The zero-order valence-corrected chi connectivity index (χ0v) is 10.2. The minimum atomic E-state index is 0.572. The minimum absolute atomic E-state index is 0.572. The van der Waals surface area contributed by atoms with Gasteiger partial charge >= 0.3 is 0 Å². The van der Waals surface area contributed by atoms with E-state index in [1.807, 2.05) is 37.3 Å². The number of fused-ring (bicyclic) bond motifs is 3. The molecule has 0 atom stereocenters. The van der Waals surface area contributed by atoms with Crippen molar-refractivity contribution >= 4 is 22.2 Å². The first-order valence-electron chi connectivity index (χ1n) is 5.95. The van der Waals surface area contributed by atoms with Crippen molar-refractivity contribution in [3.8, 4) is 11.4 Å². The molecule has 0 spiro atoms. The zero-order chi connectivity index (χ0) is 12.8. The van der Waals surface area contributed by atoms with Crippen LogP contribution >= 0.6 is 0 Å². The SMILES string of the molecule is Cc1[nH][nH]c2nnc3nc(-c4ccccc4)nc3c12. The predicted octanol–water partition coefficient (Wildman–Crippen LogP) is 2.20. The number of H-pyrrole nitrogens is 2. The molecular weight excluding hydrogens is 240 g/mol. The molecule has 4 rings (SSSR count). The third-order valence-corrected chi connectivity index (χ3v) is 3.14. The van der Waals surface area contributed by atoms with E-state index in [1.54, 1.807) is 0 Å². The average Bonchev–Trinajstić information content (AvgIpc) is 3.03. The lowest BCUT2D eigenvalue weighted by molar-refractivity contribution is 1.02. The Morgan fingerprint density at radius 2 is 1.79 bits per heavy atom. The molecule has 6 heteroatoms. The largest absolute Gasteiger partial charge is 0.303 e. The molecule has 0 saturated heterocycles. The van der Waals surface area contributed by atoms with Crippen molar-refractivity contribution in [2.45, 2.75) is 6.92 Å². The molecule has 3 heterocycles. The van der Waals surface area contributed by atoms with Crippen molar-refractivity contribution < 1.29 is 0 Å². The van der Waals surface area contributed by atoms with Crippen molar-refractivity contribution in [2.24, 2.45) is 0 Å². The second kappa shape index (κ2) is 3.61. The normalized spacial score (nSPS) is 11.4. The monoisotopic (exact) mass is 250 g/mol. The van der Waals surface area contributed by atoms with Gasteiger partial charge in [0.25, 0.3) is 0 Å². The summed E-state index contributed by atoms with van der Waals surface area (Å²) in [5, 5.41) is 15.1. The van der Waals surface area contributed by atoms with Gasteiger partial charge in [-0.1, -0.05) is 30.3 Å². The first-order valence-corrected chi connectivity index (χ1v) is 5.95. The molecule has 0 aliphatic carbocycles. The molecule has 6 nitrogen and oxygen atoms in total. The molecule has 2 N–H and O–H groups in total. The van der Waals surface area contributed by atoms with E-state index in [9.17, 15) is 0 Å². The lowest BCUT2D eigenvalue weighted by Gasteiger charge is -1.91. The molecule has 4 aromatic rings. The fraction of sp³-hybridized carbons (Fsp3) is 0.0769. The van der Waals surface area contributed by atoms with Gasteiger partial charge in [0.2, 0.25) is 5.65 Å². The first kappa shape index (κ1) is 10.2. The first-order chi connectivity index (χ1) is 9.33. The third-order valence-electron chi connectivity index (χ3n) is 3.14. The van der Waals surface area contributed by atoms with Crippen LogP contribution < -0.4 is 0 Å². The Kier molecular flexibility index (Phi) is 1.94. The number of nitrogens with one attached hydrogen (secondary N) is 2. The maximum absolute atomic E-state index is 4.59. The van der Waals surface area contributed by atoms with Crippen LogP contribution in [-0.4, -0.2) is 30.4 Å². The quantitative estimate of drug-likeness (QED) is 0.542. The smallest absolute Gasteiger partial charge is 0.203 e. The van der Waals surface area contributed by atoms with Crippen LogP contribution in [0.15, 0.2) is 30.3 Å². The van der Waals surface area contributed by atoms with E-state index in [1.165, 1.54) is 0 Å². The van der Waals surface area contributed by atoms with Gasteiger partial charge in [0.1, 0.15) is 5.52 Å². The highest BCUT2D eigenvalue weighted by Gasteiger charge is 2.14. The average molecular weight is 250 g/mol. The van der Waals surface area contributed by atoms with Crippen LogP contribution in [0.3, 0.4) is 0 Å². The maximum Gasteiger partial charge on any atom is 0.203 e. The van der Waals surface area contributed by atoms with Crippen LogP contribution in [0.5, 0.6) is 0 Å². The minimum Gasteiger partial charge on any atom is -0.303 e. The molecule has 0 fully saturated rings. The van der Waals surface area contributed by atoms with Crippen LogP contribution in [0, 0.1) is 6.92 Å². The summed E-state index contributed by atoms with van der Waals surface area (Å²) >= 11 is 0. The Morgan fingerprint density at radius 1 is 0.947 bits per heavy atom. The molecule has 0 unspecified atom stereocenters. The summed E-state index contributed by atoms with van der Waals surface area (Å²) in [6.07, 6.45) is 0. The van der Waals surface area contributed by atoms with Crippen molar-refractivity contribution in [3.05, 3.63) is 36.0 Å². The molecule has 92 valence electrons. The number of nitrogens with zero attached hydrogens (tertiary/aromatic N) is 4. The van der Waals surface area contributed by atoms with E-state index < -0.39 is 0 Å². The summed E-state index contributed by atoms with van der Waals surface area (Å²) < 4.78 is 0. The number of imidazole rings is 1. The zero-order valence-electron chi connectivity index (χ0n) is 10.2. The molecule has 19 heavy (non-hydrogen) atoms. The number of aryl methyl sites for hydroxylation is 1. The fourth-order valence-electron chi connectivity index (χ4n) is 2.21. The van der Waals surface area contributed by atoms with Crippen LogP contribution in [0.25, 0.3) is 33.6 Å². The predicted molar refractivity (Wildman–Crippen MR) is 71.5 cm³/mol. The van der Waals surface area contributed by atoms with E-state index in [4.69, 9.17) is 0 Å². The summed E-state index contributed by atoms with van der Waals surface area (Å²) in [4.78, 5) is 9.03. The summed E-state index contributed by atoms with van der Waals surface area (Å²) in [5.74, 6) is 0.679. The van der Waals surface area contributed by atoms with E-state index in [0.29, 0.717) is 17.1 Å². The Balaban J connectivity index is 2.06. The summed E-state index contributed by atoms with van der Waals surface area (Å²) in [6, 6.07) is 9.86. The van der Waals surface area contributed by atoms with Gasteiger partial charge in [-0.2, -0.15) is 0 Å². The van der Waals surface area contributed by atoms with Crippen LogP contribution in [0.2, 0.25) is 0 Å². The second-order valence-corrected chi connectivity index (χ2v) is 4.38. The summed E-state index contributed by atoms with van der Waals surface area (Å²) in [6.45, 7) is 1.97. The topological polar surface area (TPSA) is 83.1 Å². The van der Waals surface area contributed by atoms with Gasteiger partial charge in [0, 0.05) is 11.3 Å². The molecule has 0 amide bonds. The van der Waals surface area contributed by atoms with E-state index in [0.717, 1.165) is 22.2 Å². The van der Waals surface area contributed by atoms with E-state index in [2.05, 4.69) is 30.4 Å². The Hall–Kier alpha value is -2.76. The fourth-order valence-corrected chi connectivity index (χ4v) is 2.21. The van der Waals surface area contributed by atoms with Gasteiger partial charge in [0.15, 0.2) is 11.5 Å². The lowest BCUT2D eigenvalue weighted by Crippen LogP contribution is -1.85. The second-order valence-electron chi connectivity index (χ2n) is 4.38. The van der Waals surface area contributed by atoms with Gasteiger partial charge in [-0.25, -0.2) is 9.97 Å². The van der Waals surface area contributed by atoms with E-state index in [-0.39, 0.29) is 0 Å². The van der Waals surface area contributed by atoms with Crippen LogP contribution in [0.4, 0.5) is 0 Å². The molecule has 0 aliphatic rings. The molecular formula is C13H10N6. The number of hydrogen-bond donors (Lipinski definition) is 2. The Bertz CT molecular complexity index is 874. The summed E-state index contributed by atoms with van der Waals surface area (Å²) in [5.41, 5.74) is 4.01. The molecule has 0 aliphatic heterocycles. The highest BCUT2D eigenvalue weighted by molar-refractivity contribution is 6.01. The molecule has 0 bridgehead atoms. The van der Waals surface area contributed by atoms with E-state index >= 15 is 0 Å². The number of hydrogen-bond acceptors (Lipinski definition) is 4. The number of aromatic amines is 2. The van der Waals surface area contributed by atoms with Gasteiger partial charge in [-0.3, -0.25) is 5.10 Å². The van der Waals surface area contributed by atoms with Crippen LogP contribution in [-0.2, 0) is 0 Å². The standard InChI is InChI=1S/C13H10N6/c1-7-9-10-13(19-18-12(9)17-16-7)15-11(14-10)8-5-3-2-4-6-8/h2-6H,1H3,(H2,16,17,18). The highest BCUT2D eigenvalue weighted by Crippen LogP contribution is 2.24. The molecule has 1 aromatic carbocycles. The summed E-state index contributed by atoms with van der Waals surface area (Å²) in [7, 11) is 0. The molecule has 0 saturated carbocycles. The van der Waals surface area contributed by atoms with Crippen molar-refractivity contribution in [1.29, 1.82) is 0 Å². The van der Waals surface area contributed by atoms with Crippen molar-refractivity contribution in [2.75, 3.05) is 0 Å². The van der Waals surface area contributed by atoms with Gasteiger partial charge < -0.3 is 5.10 Å². The number of benzene rings is 1. The molecule has 0 radical (unpaired) electrons. The molecule has 3 aromatic heterocycles. The number of rotatable bonds is 1. The van der Waals surface area contributed by atoms with Gasteiger partial charge in [-0.05, 0) is 6.92 Å². The lowest BCUT2D eigenvalue weighted by atomic mass is 10.2.